The molecule has 140 valence electrons. The number of aromatic nitrogens is 1. The van der Waals surface area contributed by atoms with E-state index in [9.17, 15) is 4.79 Å². The SMILES string of the molecule is Cc1nc(CN2CCN(C(=O)[C@H]3CCCO[C@H]3C(C)C)CC2)oc1C. The number of hydrogen-bond donors (Lipinski definition) is 0. The number of piperazine rings is 1. The molecule has 1 amide bonds. The largest absolute Gasteiger partial charge is 0.444 e. The summed E-state index contributed by atoms with van der Waals surface area (Å²) >= 11 is 0. The lowest BCUT2D eigenvalue weighted by Crippen LogP contribution is -2.53. The van der Waals surface area contributed by atoms with Crippen LogP contribution in [0.3, 0.4) is 0 Å². The Hall–Kier alpha value is -1.40. The molecule has 2 saturated heterocycles. The summed E-state index contributed by atoms with van der Waals surface area (Å²) in [5, 5.41) is 0. The molecular weight excluding hydrogens is 318 g/mol. The first-order chi connectivity index (χ1) is 12.0. The molecule has 0 aliphatic carbocycles. The molecule has 0 spiro atoms. The summed E-state index contributed by atoms with van der Waals surface area (Å²) < 4.78 is 11.6. The summed E-state index contributed by atoms with van der Waals surface area (Å²) in [6.07, 6.45) is 2.01. The van der Waals surface area contributed by atoms with E-state index < -0.39 is 0 Å². The van der Waals surface area contributed by atoms with Crippen molar-refractivity contribution >= 4 is 5.91 Å². The van der Waals surface area contributed by atoms with Gasteiger partial charge in [-0.2, -0.15) is 0 Å². The number of nitrogens with zero attached hydrogens (tertiary/aromatic N) is 3. The average Bonchev–Trinajstić information content (AvgIpc) is 2.92. The third kappa shape index (κ3) is 4.23. The molecule has 2 atom stereocenters. The maximum Gasteiger partial charge on any atom is 0.228 e. The molecule has 1 aromatic rings. The Balaban J connectivity index is 1.53. The fourth-order valence-electron chi connectivity index (χ4n) is 3.88. The van der Waals surface area contributed by atoms with E-state index in [2.05, 4.69) is 23.7 Å². The minimum absolute atomic E-state index is 0.0253. The van der Waals surface area contributed by atoms with Gasteiger partial charge < -0.3 is 14.1 Å². The van der Waals surface area contributed by atoms with Crippen LogP contribution in [0.25, 0.3) is 0 Å². The molecule has 6 nitrogen and oxygen atoms in total. The van der Waals surface area contributed by atoms with Crippen molar-refractivity contribution < 1.29 is 13.9 Å². The molecule has 0 radical (unpaired) electrons. The molecule has 3 heterocycles. The summed E-state index contributed by atoms with van der Waals surface area (Å²) in [5.41, 5.74) is 0.959. The second-order valence-corrected chi connectivity index (χ2v) is 7.68. The van der Waals surface area contributed by atoms with Crippen LogP contribution in [0.5, 0.6) is 0 Å². The molecule has 6 heteroatoms. The number of oxazole rings is 1. The van der Waals surface area contributed by atoms with Gasteiger partial charge in [0.25, 0.3) is 0 Å². The number of ether oxygens (including phenoxy) is 1. The standard InChI is InChI=1S/C19H31N3O3/c1-13(2)18-16(6-5-11-24-18)19(23)22-9-7-21(8-10-22)12-17-20-14(3)15(4)25-17/h13,16,18H,5-12H2,1-4H3/t16-,18-/m0/s1. The monoisotopic (exact) mass is 349 g/mol. The van der Waals surface area contributed by atoms with E-state index in [1.165, 1.54) is 0 Å². The topological polar surface area (TPSA) is 58.8 Å². The first kappa shape index (κ1) is 18.4. The van der Waals surface area contributed by atoms with Gasteiger partial charge in [-0.1, -0.05) is 13.8 Å². The number of hydrogen-bond acceptors (Lipinski definition) is 5. The van der Waals surface area contributed by atoms with E-state index in [1.54, 1.807) is 0 Å². The van der Waals surface area contributed by atoms with Gasteiger partial charge in [0.05, 0.1) is 24.3 Å². The highest BCUT2D eigenvalue weighted by Gasteiger charge is 2.37. The second-order valence-electron chi connectivity index (χ2n) is 7.68. The normalized spacial score (nSPS) is 25.6. The van der Waals surface area contributed by atoms with E-state index in [1.807, 2.05) is 18.7 Å². The summed E-state index contributed by atoms with van der Waals surface area (Å²) in [6, 6.07) is 0. The first-order valence-electron chi connectivity index (χ1n) is 9.51. The van der Waals surface area contributed by atoms with Crippen molar-refractivity contribution in [2.75, 3.05) is 32.8 Å². The highest BCUT2D eigenvalue weighted by molar-refractivity contribution is 5.79. The van der Waals surface area contributed by atoms with Gasteiger partial charge in [0.1, 0.15) is 5.76 Å². The van der Waals surface area contributed by atoms with E-state index in [-0.39, 0.29) is 17.9 Å². The van der Waals surface area contributed by atoms with E-state index in [0.29, 0.717) is 5.92 Å². The van der Waals surface area contributed by atoms with Crippen molar-refractivity contribution in [3.63, 3.8) is 0 Å². The van der Waals surface area contributed by atoms with Gasteiger partial charge in [0, 0.05) is 32.8 Å². The fraction of sp³-hybridized carbons (Fsp3) is 0.789. The zero-order chi connectivity index (χ0) is 18.0. The van der Waals surface area contributed by atoms with Crippen LogP contribution in [0.4, 0.5) is 0 Å². The Kier molecular flexibility index (Phi) is 5.79. The molecule has 3 rings (SSSR count). The number of rotatable bonds is 4. The molecule has 2 aliphatic heterocycles. The van der Waals surface area contributed by atoms with Crippen molar-refractivity contribution in [3.8, 4) is 0 Å². The number of amides is 1. The quantitative estimate of drug-likeness (QED) is 0.835. The maximum atomic E-state index is 13.0. The van der Waals surface area contributed by atoms with E-state index in [4.69, 9.17) is 9.15 Å². The number of carbonyl (C=O) groups is 1. The van der Waals surface area contributed by atoms with Gasteiger partial charge in [0.2, 0.25) is 11.8 Å². The predicted octanol–water partition coefficient (Wildman–Crippen LogP) is 2.39. The Labute approximate surface area is 150 Å². The van der Waals surface area contributed by atoms with Crippen molar-refractivity contribution in [1.82, 2.24) is 14.8 Å². The lowest BCUT2D eigenvalue weighted by Gasteiger charge is -2.40. The van der Waals surface area contributed by atoms with Gasteiger partial charge in [0.15, 0.2) is 0 Å². The molecule has 0 aromatic carbocycles. The first-order valence-corrected chi connectivity index (χ1v) is 9.51. The highest BCUT2D eigenvalue weighted by Crippen LogP contribution is 2.28. The predicted molar refractivity (Wildman–Crippen MR) is 95.1 cm³/mol. The minimum Gasteiger partial charge on any atom is -0.444 e. The van der Waals surface area contributed by atoms with Gasteiger partial charge in [-0.3, -0.25) is 9.69 Å². The minimum atomic E-state index is 0.0253. The Morgan fingerprint density at radius 1 is 1.24 bits per heavy atom. The number of carbonyl (C=O) groups excluding carboxylic acids is 1. The Bertz CT molecular complexity index is 571. The molecule has 0 N–H and O–H groups in total. The van der Waals surface area contributed by atoms with Crippen LogP contribution in [-0.4, -0.2) is 59.6 Å². The Morgan fingerprint density at radius 2 is 1.96 bits per heavy atom. The van der Waals surface area contributed by atoms with Gasteiger partial charge in [-0.15, -0.1) is 0 Å². The summed E-state index contributed by atoms with van der Waals surface area (Å²) in [7, 11) is 0. The zero-order valence-corrected chi connectivity index (χ0v) is 16.0. The molecule has 0 saturated carbocycles. The van der Waals surface area contributed by atoms with Crippen LogP contribution in [0.2, 0.25) is 0 Å². The van der Waals surface area contributed by atoms with Crippen LogP contribution >= 0.6 is 0 Å². The smallest absolute Gasteiger partial charge is 0.228 e. The maximum absolute atomic E-state index is 13.0. The van der Waals surface area contributed by atoms with Crippen LogP contribution in [0.1, 0.15) is 44.0 Å². The fourth-order valence-corrected chi connectivity index (χ4v) is 3.88. The average molecular weight is 349 g/mol. The van der Waals surface area contributed by atoms with Gasteiger partial charge in [-0.25, -0.2) is 4.98 Å². The van der Waals surface area contributed by atoms with E-state index >= 15 is 0 Å². The third-order valence-electron chi connectivity index (χ3n) is 5.46. The second kappa shape index (κ2) is 7.87. The molecule has 1 aromatic heterocycles. The zero-order valence-electron chi connectivity index (χ0n) is 16.0. The van der Waals surface area contributed by atoms with Crippen molar-refractivity contribution in [2.45, 2.75) is 53.2 Å². The van der Waals surface area contributed by atoms with E-state index in [0.717, 1.165) is 69.5 Å². The lowest BCUT2D eigenvalue weighted by atomic mass is 9.86. The molecule has 25 heavy (non-hydrogen) atoms. The molecule has 2 aliphatic rings. The molecular formula is C19H31N3O3. The van der Waals surface area contributed by atoms with Crippen LogP contribution < -0.4 is 0 Å². The van der Waals surface area contributed by atoms with Crippen molar-refractivity contribution in [2.24, 2.45) is 11.8 Å². The molecule has 0 unspecified atom stereocenters. The van der Waals surface area contributed by atoms with Crippen LogP contribution in [0.15, 0.2) is 4.42 Å². The lowest BCUT2D eigenvalue weighted by molar-refractivity contribution is -0.149. The highest BCUT2D eigenvalue weighted by atomic mass is 16.5. The summed E-state index contributed by atoms with van der Waals surface area (Å²) in [5.74, 6) is 2.35. The third-order valence-corrected chi connectivity index (χ3v) is 5.46. The van der Waals surface area contributed by atoms with Crippen LogP contribution in [-0.2, 0) is 16.1 Å². The summed E-state index contributed by atoms with van der Waals surface area (Å²) in [4.78, 5) is 21.8. The van der Waals surface area contributed by atoms with Crippen molar-refractivity contribution in [3.05, 3.63) is 17.3 Å². The van der Waals surface area contributed by atoms with Crippen molar-refractivity contribution in [1.29, 1.82) is 0 Å². The van der Waals surface area contributed by atoms with Gasteiger partial charge in [-0.05, 0) is 32.6 Å². The van der Waals surface area contributed by atoms with Gasteiger partial charge >= 0.3 is 0 Å². The number of aryl methyl sites for hydroxylation is 2. The molecule has 2 fully saturated rings. The van der Waals surface area contributed by atoms with Crippen LogP contribution in [0, 0.1) is 25.7 Å². The summed E-state index contributed by atoms with van der Waals surface area (Å²) in [6.45, 7) is 13.0. The Morgan fingerprint density at radius 3 is 2.56 bits per heavy atom. The molecule has 0 bridgehead atoms.